The summed E-state index contributed by atoms with van der Waals surface area (Å²) >= 11 is 1.24. The van der Waals surface area contributed by atoms with E-state index >= 15 is 0 Å². The molecule has 11 heteroatoms. The highest BCUT2D eigenvalue weighted by atomic mass is 32.2. The number of ether oxygens (including phenoxy) is 1. The van der Waals surface area contributed by atoms with Crippen molar-refractivity contribution in [1.82, 2.24) is 25.1 Å². The predicted octanol–water partition coefficient (Wildman–Crippen LogP) is 3.61. The molecule has 1 aliphatic heterocycles. The summed E-state index contributed by atoms with van der Waals surface area (Å²) in [6, 6.07) is 5.78. The van der Waals surface area contributed by atoms with E-state index in [9.17, 15) is 18.8 Å². The maximum atomic E-state index is 14.8. The van der Waals surface area contributed by atoms with Gasteiger partial charge in [-0.05, 0) is 55.5 Å². The number of thioether (sulfide) groups is 1. The third-order valence-electron chi connectivity index (χ3n) is 6.43. The number of aryl methyl sites for hydroxylation is 1. The Labute approximate surface area is 219 Å². The van der Waals surface area contributed by atoms with Crippen molar-refractivity contribution < 1.29 is 23.5 Å². The molecule has 0 amide bonds. The summed E-state index contributed by atoms with van der Waals surface area (Å²) in [5.74, 6) is -0.246. The molecule has 4 rings (SSSR count). The molecule has 2 aromatic rings. The van der Waals surface area contributed by atoms with Gasteiger partial charge in [-0.15, -0.1) is 10.2 Å². The zero-order valence-corrected chi connectivity index (χ0v) is 22.0. The van der Waals surface area contributed by atoms with Crippen LogP contribution in [-0.4, -0.2) is 66.9 Å². The zero-order chi connectivity index (χ0) is 26.4. The van der Waals surface area contributed by atoms with Crippen LogP contribution in [0.15, 0.2) is 29.8 Å². The van der Waals surface area contributed by atoms with Gasteiger partial charge in [0.2, 0.25) is 0 Å². The number of piperidine rings is 1. The van der Waals surface area contributed by atoms with Crippen LogP contribution in [0.2, 0.25) is 0 Å². The third kappa shape index (κ3) is 7.32. The lowest BCUT2D eigenvalue weighted by Gasteiger charge is -2.38. The van der Waals surface area contributed by atoms with Crippen LogP contribution in [0.5, 0.6) is 0 Å². The van der Waals surface area contributed by atoms with Gasteiger partial charge in [-0.3, -0.25) is 19.3 Å². The molecular formula is C26H32FN5O4S. The van der Waals surface area contributed by atoms with Gasteiger partial charge in [0, 0.05) is 43.2 Å². The number of carbonyl (C=O) groups is 3. The standard InChI is InChI=1S/C26H32FN5O4S/c1-3-36-24(34)9-6-13-32-29-23(28-30-32)15-19-16-31(14-12-22(19)37-17(2)33)25(26(35)18-10-11-18)20-7-4-5-8-21(20)27/h4-5,7-8,15,18,22,25H,3,6,9-14,16H2,1-2H3. The van der Waals surface area contributed by atoms with Crippen molar-refractivity contribution in [3.8, 4) is 0 Å². The van der Waals surface area contributed by atoms with Crippen molar-refractivity contribution in [3.63, 3.8) is 0 Å². The molecule has 0 spiro atoms. The largest absolute Gasteiger partial charge is 0.466 e. The number of esters is 1. The molecule has 0 N–H and O–H groups in total. The van der Waals surface area contributed by atoms with Gasteiger partial charge in [0.15, 0.2) is 16.7 Å². The quantitative estimate of drug-likeness (QED) is 0.403. The second kappa shape index (κ2) is 12.6. The number of Topliss-reactive ketones (excluding diaryl/α,β-unsaturated/α-hetero) is 1. The Kier molecular flexibility index (Phi) is 9.20. The Morgan fingerprint density at radius 3 is 2.73 bits per heavy atom. The molecule has 2 fully saturated rings. The minimum atomic E-state index is -0.674. The average Bonchev–Trinajstić information content (AvgIpc) is 3.62. The van der Waals surface area contributed by atoms with Crippen molar-refractivity contribution in [2.75, 3.05) is 19.7 Å². The van der Waals surface area contributed by atoms with Crippen LogP contribution in [-0.2, 0) is 25.7 Å². The van der Waals surface area contributed by atoms with Crippen molar-refractivity contribution in [2.45, 2.75) is 63.8 Å². The molecule has 9 nitrogen and oxygen atoms in total. The molecule has 0 bridgehead atoms. The molecular weight excluding hydrogens is 497 g/mol. The maximum Gasteiger partial charge on any atom is 0.305 e. The smallest absolute Gasteiger partial charge is 0.305 e. The molecule has 0 radical (unpaired) electrons. The lowest BCUT2D eigenvalue weighted by atomic mass is 9.93. The first-order chi connectivity index (χ1) is 17.9. The monoisotopic (exact) mass is 529 g/mol. The number of ketones is 1. The average molecular weight is 530 g/mol. The first-order valence-electron chi connectivity index (χ1n) is 12.7. The molecule has 2 unspecified atom stereocenters. The Balaban J connectivity index is 1.54. The highest BCUT2D eigenvalue weighted by molar-refractivity contribution is 8.14. The first kappa shape index (κ1) is 27.1. The highest BCUT2D eigenvalue weighted by Crippen LogP contribution is 2.40. The number of hydrogen-bond donors (Lipinski definition) is 0. The van der Waals surface area contributed by atoms with Gasteiger partial charge in [-0.2, -0.15) is 4.80 Å². The van der Waals surface area contributed by atoms with E-state index in [1.807, 2.05) is 11.0 Å². The van der Waals surface area contributed by atoms with Crippen LogP contribution in [0.1, 0.15) is 63.4 Å². The van der Waals surface area contributed by atoms with Crippen LogP contribution in [0.4, 0.5) is 4.39 Å². The lowest BCUT2D eigenvalue weighted by molar-refractivity contribution is -0.143. The van der Waals surface area contributed by atoms with E-state index in [-0.39, 0.29) is 40.3 Å². The topological polar surface area (TPSA) is 107 Å². The van der Waals surface area contributed by atoms with E-state index in [1.54, 1.807) is 25.1 Å². The van der Waals surface area contributed by atoms with Crippen molar-refractivity contribution >= 4 is 34.7 Å². The van der Waals surface area contributed by atoms with Crippen LogP contribution in [0, 0.1) is 11.7 Å². The Morgan fingerprint density at radius 1 is 1.24 bits per heavy atom. The minimum Gasteiger partial charge on any atom is -0.466 e. The number of aromatic nitrogens is 4. The first-order valence-corrected chi connectivity index (χ1v) is 13.6. The fraction of sp³-hybridized carbons (Fsp3) is 0.538. The summed E-state index contributed by atoms with van der Waals surface area (Å²) in [4.78, 5) is 40.3. The molecule has 1 aliphatic carbocycles. The molecule has 1 aromatic heterocycles. The normalized spacial score (nSPS) is 20.1. The number of tetrazole rings is 1. The molecule has 2 atom stereocenters. The van der Waals surface area contributed by atoms with Crippen LogP contribution in [0.25, 0.3) is 6.08 Å². The molecule has 198 valence electrons. The number of hydrogen-bond acceptors (Lipinski definition) is 9. The summed E-state index contributed by atoms with van der Waals surface area (Å²) in [5, 5.41) is 12.5. The second-order valence-electron chi connectivity index (χ2n) is 9.33. The Bertz CT molecular complexity index is 1170. The number of likely N-dealkylation sites (tertiary alicyclic amines) is 1. The molecule has 2 heterocycles. The molecule has 1 saturated carbocycles. The minimum absolute atomic E-state index is 0.000334. The lowest BCUT2D eigenvalue weighted by Crippen LogP contribution is -2.43. The van der Waals surface area contributed by atoms with Crippen molar-refractivity contribution in [2.24, 2.45) is 5.92 Å². The second-order valence-corrected chi connectivity index (χ2v) is 10.7. The Morgan fingerprint density at radius 2 is 2.03 bits per heavy atom. The van der Waals surface area contributed by atoms with Gasteiger partial charge in [-0.1, -0.05) is 30.0 Å². The molecule has 1 aromatic carbocycles. The summed E-state index contributed by atoms with van der Waals surface area (Å²) in [6.07, 6.45) is 4.91. The van der Waals surface area contributed by atoms with Crippen LogP contribution >= 0.6 is 11.8 Å². The van der Waals surface area contributed by atoms with Gasteiger partial charge in [-0.25, -0.2) is 4.39 Å². The number of benzene rings is 1. The van der Waals surface area contributed by atoms with Crippen LogP contribution < -0.4 is 0 Å². The van der Waals surface area contributed by atoms with E-state index < -0.39 is 6.04 Å². The van der Waals surface area contributed by atoms with Gasteiger partial charge in [0.1, 0.15) is 5.82 Å². The SMILES string of the molecule is CCOC(=O)CCCn1nnc(C=C2CN(C(C(=O)C3CC3)c3ccccc3F)CCC2SC(C)=O)n1. The fourth-order valence-corrected chi connectivity index (χ4v) is 5.49. The van der Waals surface area contributed by atoms with E-state index in [4.69, 9.17) is 4.74 Å². The van der Waals surface area contributed by atoms with Crippen LogP contribution in [0.3, 0.4) is 0 Å². The third-order valence-corrected chi connectivity index (χ3v) is 7.58. The van der Waals surface area contributed by atoms with Gasteiger partial charge < -0.3 is 4.74 Å². The Hall–Kier alpha value is -2.92. The molecule has 1 saturated heterocycles. The van der Waals surface area contributed by atoms with Crippen molar-refractivity contribution in [1.29, 1.82) is 0 Å². The fourth-order valence-electron chi connectivity index (χ4n) is 4.57. The van der Waals surface area contributed by atoms with E-state index in [1.165, 1.54) is 29.5 Å². The number of halogens is 1. The van der Waals surface area contributed by atoms with Gasteiger partial charge in [0.05, 0.1) is 19.2 Å². The van der Waals surface area contributed by atoms with Gasteiger partial charge in [0.25, 0.3) is 0 Å². The van der Waals surface area contributed by atoms with Crippen molar-refractivity contribution in [3.05, 3.63) is 47.0 Å². The van der Waals surface area contributed by atoms with E-state index in [0.29, 0.717) is 50.5 Å². The summed E-state index contributed by atoms with van der Waals surface area (Å²) < 4.78 is 19.8. The molecule has 2 aliphatic rings. The predicted molar refractivity (Wildman–Crippen MR) is 137 cm³/mol. The van der Waals surface area contributed by atoms with E-state index in [2.05, 4.69) is 15.4 Å². The number of carbonyl (C=O) groups excluding carboxylic acids is 3. The number of nitrogens with zero attached hydrogens (tertiary/aromatic N) is 5. The number of rotatable bonds is 11. The highest BCUT2D eigenvalue weighted by Gasteiger charge is 2.41. The van der Waals surface area contributed by atoms with E-state index in [0.717, 1.165) is 18.4 Å². The molecule has 37 heavy (non-hydrogen) atoms. The zero-order valence-electron chi connectivity index (χ0n) is 21.1. The summed E-state index contributed by atoms with van der Waals surface area (Å²) in [5.41, 5.74) is 1.28. The summed E-state index contributed by atoms with van der Waals surface area (Å²) in [6.45, 7) is 5.01. The summed E-state index contributed by atoms with van der Waals surface area (Å²) in [7, 11) is 0. The van der Waals surface area contributed by atoms with Gasteiger partial charge >= 0.3 is 5.97 Å². The maximum absolute atomic E-state index is 14.8.